The highest BCUT2D eigenvalue weighted by Crippen LogP contribution is 2.30. The molecule has 96 valence electrons. The number of thiophene rings is 1. The molecule has 0 saturated heterocycles. The molecule has 0 radical (unpaired) electrons. The number of carbonyl (C=O) groups excluding carboxylic acids is 1. The second-order valence-electron chi connectivity index (χ2n) is 3.76. The molecule has 0 unspecified atom stereocenters. The van der Waals surface area contributed by atoms with Crippen molar-refractivity contribution in [3.05, 3.63) is 29.3 Å². The van der Waals surface area contributed by atoms with Crippen LogP contribution >= 0.6 is 23.1 Å². The first-order valence-corrected chi connectivity index (χ1v) is 7.39. The average Bonchev–Trinajstić information content (AvgIpc) is 2.97. The lowest BCUT2D eigenvalue weighted by atomic mass is 10.3. The van der Waals surface area contributed by atoms with E-state index in [-0.39, 0.29) is 11.2 Å². The molecule has 2 rings (SSSR count). The Hall–Kier alpha value is -1.27. The summed E-state index contributed by atoms with van der Waals surface area (Å²) in [5.41, 5.74) is 0. The van der Waals surface area contributed by atoms with Crippen molar-refractivity contribution in [2.75, 3.05) is 5.32 Å². The summed E-state index contributed by atoms with van der Waals surface area (Å²) in [7, 11) is 0. The van der Waals surface area contributed by atoms with Crippen LogP contribution in [0.1, 0.15) is 19.1 Å². The molecule has 1 atom stereocenters. The third kappa shape index (κ3) is 3.36. The molecule has 2 heterocycles. The Morgan fingerprint density at radius 3 is 3.06 bits per heavy atom. The predicted octanol–water partition coefficient (Wildman–Crippen LogP) is 3.55. The van der Waals surface area contributed by atoms with Gasteiger partial charge in [-0.1, -0.05) is 18.1 Å². The minimum Gasteiger partial charge on any atom is -0.360 e. The van der Waals surface area contributed by atoms with Gasteiger partial charge in [0.1, 0.15) is 5.76 Å². The van der Waals surface area contributed by atoms with Crippen LogP contribution in [0.5, 0.6) is 0 Å². The van der Waals surface area contributed by atoms with E-state index in [1.54, 1.807) is 36.1 Å². The van der Waals surface area contributed by atoms with Crippen molar-refractivity contribution in [3.63, 3.8) is 0 Å². The van der Waals surface area contributed by atoms with Crippen LogP contribution in [-0.4, -0.2) is 16.3 Å². The van der Waals surface area contributed by atoms with Gasteiger partial charge in [-0.2, -0.15) is 0 Å². The Balaban J connectivity index is 1.97. The van der Waals surface area contributed by atoms with Gasteiger partial charge in [0, 0.05) is 6.07 Å². The molecule has 0 fully saturated rings. The van der Waals surface area contributed by atoms with Gasteiger partial charge in [0.05, 0.1) is 9.46 Å². The summed E-state index contributed by atoms with van der Waals surface area (Å²) in [6, 6.07) is 5.71. The second-order valence-corrected chi connectivity index (χ2v) is 6.21. The van der Waals surface area contributed by atoms with Crippen LogP contribution in [0.15, 0.2) is 32.3 Å². The van der Waals surface area contributed by atoms with E-state index in [0.717, 1.165) is 10.6 Å². The summed E-state index contributed by atoms with van der Waals surface area (Å²) in [5, 5.41) is 8.42. The van der Waals surface area contributed by atoms with Crippen LogP contribution in [0, 0.1) is 6.92 Å². The molecule has 2 aromatic heterocycles. The second kappa shape index (κ2) is 6.06. The molecule has 0 aliphatic carbocycles. The van der Waals surface area contributed by atoms with Crippen molar-refractivity contribution in [2.45, 2.75) is 29.7 Å². The molecule has 1 amide bonds. The highest BCUT2D eigenvalue weighted by atomic mass is 32.2. The minimum absolute atomic E-state index is 0.0378. The lowest BCUT2D eigenvalue weighted by Crippen LogP contribution is -2.24. The molecule has 0 spiro atoms. The predicted molar refractivity (Wildman–Crippen MR) is 74.1 cm³/mol. The number of aromatic nitrogens is 1. The average molecular weight is 282 g/mol. The third-order valence-corrected chi connectivity index (χ3v) is 4.74. The number of carbonyl (C=O) groups is 1. The van der Waals surface area contributed by atoms with E-state index in [2.05, 4.69) is 10.5 Å². The molecule has 18 heavy (non-hydrogen) atoms. The zero-order valence-electron chi connectivity index (χ0n) is 10.2. The Morgan fingerprint density at radius 2 is 2.50 bits per heavy atom. The fourth-order valence-electron chi connectivity index (χ4n) is 1.43. The summed E-state index contributed by atoms with van der Waals surface area (Å²) in [4.78, 5) is 12.1. The van der Waals surface area contributed by atoms with E-state index >= 15 is 0 Å². The van der Waals surface area contributed by atoms with Crippen molar-refractivity contribution in [3.8, 4) is 0 Å². The summed E-state index contributed by atoms with van der Waals surface area (Å²) in [5.74, 6) is 1.12. The maximum absolute atomic E-state index is 12.1. The van der Waals surface area contributed by atoms with E-state index in [1.165, 1.54) is 0 Å². The highest BCUT2D eigenvalue weighted by Gasteiger charge is 2.19. The first-order valence-electron chi connectivity index (χ1n) is 5.63. The van der Waals surface area contributed by atoms with Gasteiger partial charge >= 0.3 is 0 Å². The van der Waals surface area contributed by atoms with Crippen molar-refractivity contribution < 1.29 is 9.32 Å². The fourth-order valence-corrected chi connectivity index (χ4v) is 3.38. The topological polar surface area (TPSA) is 55.1 Å². The Bertz CT molecular complexity index is 508. The molecule has 0 aliphatic rings. The van der Waals surface area contributed by atoms with Crippen LogP contribution in [0.25, 0.3) is 0 Å². The summed E-state index contributed by atoms with van der Waals surface area (Å²) in [6.45, 7) is 3.79. The number of thioether (sulfide) groups is 1. The van der Waals surface area contributed by atoms with Gasteiger partial charge in [-0.3, -0.25) is 4.79 Å². The molecule has 1 N–H and O–H groups in total. The quantitative estimate of drug-likeness (QED) is 0.852. The molecular formula is C12H14N2O2S2. The third-order valence-electron chi connectivity index (χ3n) is 2.30. The molecule has 0 bridgehead atoms. The minimum atomic E-state index is -0.111. The van der Waals surface area contributed by atoms with Gasteiger partial charge in [0.2, 0.25) is 5.91 Å². The normalized spacial score (nSPS) is 12.3. The van der Waals surface area contributed by atoms with Crippen molar-refractivity contribution in [2.24, 2.45) is 0 Å². The number of nitrogens with zero attached hydrogens (tertiary/aromatic N) is 1. The fraction of sp³-hybridized carbons (Fsp3) is 0.333. The van der Waals surface area contributed by atoms with Crippen molar-refractivity contribution in [1.82, 2.24) is 5.16 Å². The van der Waals surface area contributed by atoms with Gasteiger partial charge in [0.25, 0.3) is 0 Å². The largest absolute Gasteiger partial charge is 0.360 e. The smallest absolute Gasteiger partial charge is 0.239 e. The first-order chi connectivity index (χ1) is 8.69. The number of aryl methyl sites for hydroxylation is 1. The summed E-state index contributed by atoms with van der Waals surface area (Å²) >= 11 is 3.22. The number of hydrogen-bond acceptors (Lipinski definition) is 5. The lowest BCUT2D eigenvalue weighted by Gasteiger charge is -2.11. The van der Waals surface area contributed by atoms with E-state index in [1.807, 2.05) is 24.4 Å². The number of nitrogens with one attached hydrogen (secondary N) is 1. The lowest BCUT2D eigenvalue weighted by molar-refractivity contribution is -0.115. The summed E-state index contributed by atoms with van der Waals surface area (Å²) in [6.07, 6.45) is 0.769. The molecule has 6 heteroatoms. The van der Waals surface area contributed by atoms with Gasteiger partial charge in [-0.15, -0.1) is 23.1 Å². The van der Waals surface area contributed by atoms with E-state index in [9.17, 15) is 4.79 Å². The number of hydrogen-bond donors (Lipinski definition) is 1. The highest BCUT2D eigenvalue weighted by molar-refractivity contribution is 8.02. The Labute approximate surface area is 114 Å². The van der Waals surface area contributed by atoms with Crippen molar-refractivity contribution in [1.29, 1.82) is 0 Å². The maximum atomic E-state index is 12.1. The van der Waals surface area contributed by atoms with Gasteiger partial charge in [-0.25, -0.2) is 0 Å². The van der Waals surface area contributed by atoms with Crippen LogP contribution in [0.2, 0.25) is 0 Å². The first kappa shape index (κ1) is 13.2. The van der Waals surface area contributed by atoms with Gasteiger partial charge in [0.15, 0.2) is 5.82 Å². The molecular weight excluding hydrogens is 268 g/mol. The van der Waals surface area contributed by atoms with E-state index < -0.39 is 0 Å². The SMILES string of the molecule is CC[C@@H](Sc1cccs1)C(=O)Nc1cc(C)on1. The molecule has 4 nitrogen and oxygen atoms in total. The molecule has 0 aromatic carbocycles. The van der Waals surface area contributed by atoms with E-state index in [4.69, 9.17) is 4.52 Å². The summed E-state index contributed by atoms with van der Waals surface area (Å²) < 4.78 is 6.06. The van der Waals surface area contributed by atoms with Crippen LogP contribution < -0.4 is 5.32 Å². The monoisotopic (exact) mass is 282 g/mol. The standard InChI is InChI=1S/C12H14N2O2S2/c1-3-9(18-11-5-4-6-17-11)12(15)13-10-7-8(2)16-14-10/h4-7,9H,3H2,1-2H3,(H,13,14,15)/t9-/m1/s1. The Morgan fingerprint density at radius 1 is 1.67 bits per heavy atom. The maximum Gasteiger partial charge on any atom is 0.239 e. The molecule has 0 saturated carbocycles. The van der Waals surface area contributed by atoms with E-state index in [0.29, 0.717) is 11.6 Å². The van der Waals surface area contributed by atoms with Crippen LogP contribution in [0.3, 0.4) is 0 Å². The Kier molecular flexibility index (Phi) is 4.43. The molecule has 2 aromatic rings. The number of rotatable bonds is 5. The zero-order valence-corrected chi connectivity index (χ0v) is 11.8. The number of anilines is 1. The van der Waals surface area contributed by atoms with Crippen LogP contribution in [0.4, 0.5) is 5.82 Å². The zero-order chi connectivity index (χ0) is 13.0. The van der Waals surface area contributed by atoms with Crippen LogP contribution in [-0.2, 0) is 4.79 Å². The van der Waals surface area contributed by atoms with Crippen molar-refractivity contribution >= 4 is 34.8 Å². The van der Waals surface area contributed by atoms with Gasteiger partial charge < -0.3 is 9.84 Å². The van der Waals surface area contributed by atoms with Gasteiger partial charge in [-0.05, 0) is 24.8 Å². The number of amides is 1. The molecule has 0 aliphatic heterocycles.